The van der Waals surface area contributed by atoms with Crippen LogP contribution in [0.2, 0.25) is 0 Å². The van der Waals surface area contributed by atoms with Crippen LogP contribution in [-0.2, 0) is 20.8 Å². The predicted octanol–water partition coefficient (Wildman–Crippen LogP) is 11.1. The summed E-state index contributed by atoms with van der Waals surface area (Å²) in [5.74, 6) is 0. The fourth-order valence-electron chi connectivity index (χ4n) is 7.76. The summed E-state index contributed by atoms with van der Waals surface area (Å²) in [6.07, 6.45) is 27.4. The van der Waals surface area contributed by atoms with Crippen molar-refractivity contribution in [3.05, 3.63) is 35.9 Å². The first kappa shape index (κ1) is 50.7. The maximum absolute atomic E-state index is 13.7. The van der Waals surface area contributed by atoms with Crippen LogP contribution in [0.5, 0.6) is 0 Å². The van der Waals surface area contributed by atoms with E-state index < -0.39 is 49.4 Å². The standard InChI is InChI=1S/C47H84N2O8/c1-3-5-7-9-11-13-15-17-18-19-20-22-24-26-28-33-37-55-47(54)49(36-32-27-25-23-21-16-14-12-10-8-6-4-2)45-42(44(52)43(51)41(38-50)57-45)48-46(53)56-39-40-34-30-29-31-35-40/h29-31,34-35,41-45,50-52H,3-28,32-33,36-39H2,1-2H3,(H,48,53)/t41-,42-,43-,44-,45-/m1/s1. The SMILES string of the molecule is CCCCCCCCCCCCCCCCCCOC(=O)N(CCCCCCCCCCCCCC)[C@@H]1O[C@H](CO)[C@@H](O)[C@H](O)[C@H]1NC(=O)OCc1ccccc1. The van der Waals surface area contributed by atoms with E-state index in [2.05, 4.69) is 19.2 Å². The summed E-state index contributed by atoms with van der Waals surface area (Å²) in [4.78, 5) is 28.1. The third-order valence-corrected chi connectivity index (χ3v) is 11.4. The first-order valence-electron chi connectivity index (χ1n) is 23.5. The third kappa shape index (κ3) is 23.7. The van der Waals surface area contributed by atoms with Crippen LogP contribution in [0.1, 0.15) is 199 Å². The zero-order valence-electron chi connectivity index (χ0n) is 36.2. The molecule has 1 aromatic rings. The molecule has 0 bridgehead atoms. The monoisotopic (exact) mass is 805 g/mol. The molecule has 57 heavy (non-hydrogen) atoms. The number of hydrogen-bond donors (Lipinski definition) is 4. The molecule has 0 aliphatic carbocycles. The van der Waals surface area contributed by atoms with E-state index in [0.717, 1.165) is 44.1 Å². The molecule has 2 rings (SSSR count). The molecule has 0 saturated carbocycles. The number of carbonyl (C=O) groups excluding carboxylic acids is 2. The molecule has 1 aromatic carbocycles. The number of rotatable bonds is 35. The van der Waals surface area contributed by atoms with Gasteiger partial charge in [0.1, 0.15) is 31.0 Å². The van der Waals surface area contributed by atoms with Crippen LogP contribution in [0.3, 0.4) is 0 Å². The number of aliphatic hydroxyl groups is 3. The Bertz CT molecular complexity index is 1090. The summed E-state index contributed by atoms with van der Waals surface area (Å²) in [6, 6.07) is 8.00. The van der Waals surface area contributed by atoms with E-state index in [0.29, 0.717) is 6.42 Å². The van der Waals surface area contributed by atoms with Gasteiger partial charge in [-0.15, -0.1) is 0 Å². The van der Waals surface area contributed by atoms with Crippen LogP contribution in [0.4, 0.5) is 9.59 Å². The summed E-state index contributed by atoms with van der Waals surface area (Å²) in [6.45, 7) is 4.48. The van der Waals surface area contributed by atoms with Crippen molar-refractivity contribution in [3.8, 4) is 0 Å². The minimum atomic E-state index is -1.53. The smallest absolute Gasteiger partial charge is 0.411 e. The Labute approximate surface area is 347 Å². The molecule has 0 spiro atoms. The molecule has 1 aliphatic heterocycles. The highest BCUT2D eigenvalue weighted by Gasteiger charge is 2.48. The van der Waals surface area contributed by atoms with Crippen molar-refractivity contribution in [3.63, 3.8) is 0 Å². The van der Waals surface area contributed by atoms with Gasteiger partial charge in [0.15, 0.2) is 6.23 Å². The van der Waals surface area contributed by atoms with E-state index in [-0.39, 0.29) is 19.8 Å². The van der Waals surface area contributed by atoms with E-state index in [1.165, 1.54) is 140 Å². The molecule has 1 fully saturated rings. The molecule has 10 heteroatoms. The number of nitrogens with zero attached hydrogens (tertiary/aromatic N) is 1. The molecular weight excluding hydrogens is 721 g/mol. The lowest BCUT2D eigenvalue weighted by Gasteiger charge is -2.46. The molecule has 1 heterocycles. The average Bonchev–Trinajstić information content (AvgIpc) is 3.22. The second-order valence-corrected chi connectivity index (χ2v) is 16.5. The van der Waals surface area contributed by atoms with Gasteiger partial charge >= 0.3 is 12.2 Å². The average molecular weight is 805 g/mol. The number of nitrogens with one attached hydrogen (secondary N) is 1. The molecule has 2 amide bonds. The van der Waals surface area contributed by atoms with E-state index >= 15 is 0 Å². The first-order chi connectivity index (χ1) is 27.9. The maximum Gasteiger partial charge on any atom is 0.411 e. The molecule has 0 unspecified atom stereocenters. The highest BCUT2D eigenvalue weighted by Crippen LogP contribution is 2.26. The van der Waals surface area contributed by atoms with Crippen molar-refractivity contribution in [1.29, 1.82) is 0 Å². The Morgan fingerprint density at radius 2 is 1.05 bits per heavy atom. The zero-order chi connectivity index (χ0) is 41.2. The lowest BCUT2D eigenvalue weighted by Crippen LogP contribution is -2.69. The number of unbranched alkanes of at least 4 members (excludes halogenated alkanes) is 26. The van der Waals surface area contributed by atoms with Gasteiger partial charge in [-0.05, 0) is 18.4 Å². The molecule has 5 atom stereocenters. The largest absolute Gasteiger partial charge is 0.449 e. The third-order valence-electron chi connectivity index (χ3n) is 11.4. The van der Waals surface area contributed by atoms with Crippen LogP contribution < -0.4 is 5.32 Å². The summed E-state index contributed by atoms with van der Waals surface area (Å²) >= 11 is 0. The Morgan fingerprint density at radius 3 is 1.51 bits per heavy atom. The van der Waals surface area contributed by atoms with E-state index in [4.69, 9.17) is 14.2 Å². The van der Waals surface area contributed by atoms with E-state index in [1.807, 2.05) is 30.3 Å². The topological polar surface area (TPSA) is 138 Å². The van der Waals surface area contributed by atoms with Crippen LogP contribution in [0.15, 0.2) is 30.3 Å². The van der Waals surface area contributed by atoms with Gasteiger partial charge < -0.3 is 34.8 Å². The number of aliphatic hydroxyl groups excluding tert-OH is 3. The van der Waals surface area contributed by atoms with Crippen LogP contribution in [0, 0.1) is 0 Å². The summed E-state index contributed by atoms with van der Waals surface area (Å²) in [5, 5.41) is 34.6. The van der Waals surface area contributed by atoms with Crippen molar-refractivity contribution >= 4 is 12.2 Å². The molecular formula is C47H84N2O8. The molecule has 10 nitrogen and oxygen atoms in total. The Hall–Kier alpha value is -2.40. The van der Waals surface area contributed by atoms with Gasteiger partial charge in [-0.25, -0.2) is 9.59 Å². The van der Waals surface area contributed by atoms with Crippen LogP contribution in [0.25, 0.3) is 0 Å². The highest BCUT2D eigenvalue weighted by atomic mass is 16.6. The van der Waals surface area contributed by atoms with E-state index in [9.17, 15) is 24.9 Å². The minimum absolute atomic E-state index is 0.00670. The second kappa shape index (κ2) is 34.5. The zero-order valence-corrected chi connectivity index (χ0v) is 36.2. The first-order valence-corrected chi connectivity index (χ1v) is 23.5. The van der Waals surface area contributed by atoms with Crippen LogP contribution in [-0.4, -0.2) is 82.7 Å². The van der Waals surface area contributed by atoms with Crippen molar-refractivity contribution in [2.45, 2.75) is 231 Å². The van der Waals surface area contributed by atoms with Crippen molar-refractivity contribution in [2.75, 3.05) is 19.8 Å². The summed E-state index contributed by atoms with van der Waals surface area (Å²) in [7, 11) is 0. The highest BCUT2D eigenvalue weighted by molar-refractivity contribution is 5.69. The van der Waals surface area contributed by atoms with Gasteiger partial charge in [0.25, 0.3) is 0 Å². The molecule has 1 saturated heterocycles. The second-order valence-electron chi connectivity index (χ2n) is 16.5. The normalized spacial score (nSPS) is 19.4. The van der Waals surface area contributed by atoms with Crippen LogP contribution >= 0.6 is 0 Å². The predicted molar refractivity (Wildman–Crippen MR) is 230 cm³/mol. The molecule has 0 radical (unpaired) electrons. The number of carbonyl (C=O) groups is 2. The van der Waals surface area contributed by atoms with Crippen molar-refractivity contribution in [2.24, 2.45) is 0 Å². The Kier molecular flexibility index (Phi) is 30.7. The van der Waals surface area contributed by atoms with Gasteiger partial charge in [-0.2, -0.15) is 0 Å². The maximum atomic E-state index is 13.7. The lowest BCUT2D eigenvalue weighted by atomic mass is 9.95. The summed E-state index contributed by atoms with van der Waals surface area (Å²) in [5.41, 5.74) is 0.788. The number of benzene rings is 1. The Balaban J connectivity index is 1.85. The van der Waals surface area contributed by atoms with Crippen molar-refractivity contribution in [1.82, 2.24) is 10.2 Å². The van der Waals surface area contributed by atoms with Gasteiger partial charge in [0, 0.05) is 6.54 Å². The number of ether oxygens (including phenoxy) is 3. The number of alkyl carbamates (subject to hydrolysis) is 1. The fraction of sp³-hybridized carbons (Fsp3) is 0.830. The molecule has 1 aliphatic rings. The molecule has 330 valence electrons. The lowest BCUT2D eigenvalue weighted by molar-refractivity contribution is -0.225. The fourth-order valence-corrected chi connectivity index (χ4v) is 7.76. The molecule has 4 N–H and O–H groups in total. The summed E-state index contributed by atoms with van der Waals surface area (Å²) < 4.78 is 17.3. The van der Waals surface area contributed by atoms with E-state index in [1.54, 1.807) is 0 Å². The quantitative estimate of drug-likeness (QED) is 0.0498. The minimum Gasteiger partial charge on any atom is -0.449 e. The van der Waals surface area contributed by atoms with Gasteiger partial charge in [-0.3, -0.25) is 4.90 Å². The van der Waals surface area contributed by atoms with Gasteiger partial charge in [-0.1, -0.05) is 211 Å². The van der Waals surface area contributed by atoms with Gasteiger partial charge in [0.05, 0.1) is 13.2 Å². The number of amides is 2. The Morgan fingerprint density at radius 1 is 0.614 bits per heavy atom. The number of hydrogen-bond acceptors (Lipinski definition) is 8. The van der Waals surface area contributed by atoms with Crippen molar-refractivity contribution < 1.29 is 39.1 Å². The van der Waals surface area contributed by atoms with Gasteiger partial charge in [0.2, 0.25) is 0 Å². The molecule has 0 aromatic heterocycles.